The van der Waals surface area contributed by atoms with Gasteiger partial charge in [0.05, 0.1) is 24.2 Å². The summed E-state index contributed by atoms with van der Waals surface area (Å²) in [7, 11) is 1.23. The molecule has 1 aliphatic carbocycles. The van der Waals surface area contributed by atoms with E-state index in [9.17, 15) is 13.6 Å². The maximum absolute atomic E-state index is 13.6. The molecule has 1 saturated carbocycles. The number of hydrogen-bond acceptors (Lipinski definition) is 3. The minimum atomic E-state index is -2.81. The van der Waals surface area contributed by atoms with Gasteiger partial charge in [-0.3, -0.25) is 4.79 Å². The van der Waals surface area contributed by atoms with E-state index in [1.54, 1.807) is 10.7 Å². The van der Waals surface area contributed by atoms with Crippen molar-refractivity contribution in [3.63, 3.8) is 0 Å². The van der Waals surface area contributed by atoms with Gasteiger partial charge in [0.1, 0.15) is 0 Å². The summed E-state index contributed by atoms with van der Waals surface area (Å²) >= 11 is 0. The van der Waals surface area contributed by atoms with Crippen LogP contribution in [0.3, 0.4) is 0 Å². The topological polar surface area (TPSA) is 43.6 Å². The van der Waals surface area contributed by atoms with E-state index in [1.807, 2.05) is 24.3 Å². The third kappa shape index (κ3) is 2.62. The van der Waals surface area contributed by atoms with Gasteiger partial charge in [-0.1, -0.05) is 6.07 Å². The highest BCUT2D eigenvalue weighted by molar-refractivity contribution is 5.74. The van der Waals surface area contributed by atoms with Gasteiger partial charge in [-0.2, -0.15) is 5.10 Å². The van der Waals surface area contributed by atoms with Crippen molar-refractivity contribution in [2.75, 3.05) is 7.11 Å². The number of halogens is 2. The van der Waals surface area contributed by atoms with Crippen molar-refractivity contribution in [1.29, 1.82) is 0 Å². The number of ether oxygens (including phenoxy) is 1. The van der Waals surface area contributed by atoms with Crippen LogP contribution in [0.2, 0.25) is 0 Å². The Balaban J connectivity index is 1.96. The second kappa shape index (κ2) is 5.09. The van der Waals surface area contributed by atoms with Gasteiger partial charge in [0.2, 0.25) is 5.92 Å². The van der Waals surface area contributed by atoms with Crippen molar-refractivity contribution >= 4 is 11.5 Å². The van der Waals surface area contributed by atoms with Crippen LogP contribution in [0.4, 0.5) is 8.78 Å². The Morgan fingerprint density at radius 1 is 1.48 bits per heavy atom. The standard InChI is InChI=1S/C15H16F2N2O2/c1-21-14(20)12-9-15(16,17)6-5-11(12)13-8-10-4-2-3-7-19(10)18-13/h2-4,7-8,11-12H,5-6,9H2,1H3. The molecule has 3 rings (SSSR count). The molecule has 2 aromatic rings. The maximum Gasteiger partial charge on any atom is 0.309 e. The molecule has 6 heteroatoms. The summed E-state index contributed by atoms with van der Waals surface area (Å²) in [6.45, 7) is 0. The zero-order valence-corrected chi connectivity index (χ0v) is 11.6. The van der Waals surface area contributed by atoms with Crippen LogP contribution in [-0.4, -0.2) is 28.6 Å². The van der Waals surface area contributed by atoms with Gasteiger partial charge in [-0.15, -0.1) is 0 Å². The fourth-order valence-electron chi connectivity index (χ4n) is 3.03. The molecule has 21 heavy (non-hydrogen) atoms. The maximum atomic E-state index is 13.6. The molecule has 2 unspecified atom stereocenters. The van der Waals surface area contributed by atoms with Crippen molar-refractivity contribution in [3.05, 3.63) is 36.2 Å². The van der Waals surface area contributed by atoms with Gasteiger partial charge < -0.3 is 4.74 Å². The van der Waals surface area contributed by atoms with E-state index in [0.29, 0.717) is 5.69 Å². The summed E-state index contributed by atoms with van der Waals surface area (Å²) in [4.78, 5) is 11.9. The summed E-state index contributed by atoms with van der Waals surface area (Å²) in [5.41, 5.74) is 1.56. The minimum absolute atomic E-state index is 0.223. The van der Waals surface area contributed by atoms with E-state index < -0.39 is 24.2 Å². The Morgan fingerprint density at radius 2 is 2.29 bits per heavy atom. The number of carbonyl (C=O) groups excluding carboxylic acids is 1. The first-order valence-electron chi connectivity index (χ1n) is 6.90. The second-order valence-corrected chi connectivity index (χ2v) is 5.47. The molecule has 0 aromatic carbocycles. The molecule has 2 heterocycles. The normalized spacial score (nSPS) is 24.9. The molecule has 1 fully saturated rings. The lowest BCUT2D eigenvalue weighted by Gasteiger charge is -2.33. The van der Waals surface area contributed by atoms with Crippen LogP contribution in [0.25, 0.3) is 5.52 Å². The molecule has 2 aromatic heterocycles. The Labute approximate surface area is 120 Å². The molecule has 0 saturated heterocycles. The van der Waals surface area contributed by atoms with E-state index in [4.69, 9.17) is 4.74 Å². The molecular weight excluding hydrogens is 278 g/mol. The Hall–Kier alpha value is -1.98. The smallest absolute Gasteiger partial charge is 0.309 e. The van der Waals surface area contributed by atoms with Crippen LogP contribution < -0.4 is 0 Å². The van der Waals surface area contributed by atoms with Crippen LogP contribution in [0, 0.1) is 5.92 Å². The van der Waals surface area contributed by atoms with Crippen LogP contribution in [0.5, 0.6) is 0 Å². The highest BCUT2D eigenvalue weighted by atomic mass is 19.3. The molecule has 0 spiro atoms. The summed E-state index contributed by atoms with van der Waals surface area (Å²) in [6.07, 6.45) is 1.33. The van der Waals surface area contributed by atoms with Gasteiger partial charge >= 0.3 is 5.97 Å². The molecule has 2 atom stereocenters. The predicted octanol–water partition coefficient (Wildman–Crippen LogP) is 3.03. The first kappa shape index (κ1) is 14.0. The van der Waals surface area contributed by atoms with Gasteiger partial charge in [0, 0.05) is 25.0 Å². The number of aromatic nitrogens is 2. The zero-order chi connectivity index (χ0) is 15.0. The highest BCUT2D eigenvalue weighted by Crippen LogP contribution is 2.45. The van der Waals surface area contributed by atoms with Crippen molar-refractivity contribution in [2.45, 2.75) is 31.1 Å². The lowest BCUT2D eigenvalue weighted by Crippen LogP contribution is -2.36. The second-order valence-electron chi connectivity index (χ2n) is 5.47. The number of methoxy groups -OCH3 is 1. The fourth-order valence-corrected chi connectivity index (χ4v) is 3.03. The number of alkyl halides is 2. The highest BCUT2D eigenvalue weighted by Gasteiger charge is 2.46. The Kier molecular flexibility index (Phi) is 3.39. The van der Waals surface area contributed by atoms with Crippen LogP contribution in [0.15, 0.2) is 30.5 Å². The van der Waals surface area contributed by atoms with E-state index >= 15 is 0 Å². The number of esters is 1. The van der Waals surface area contributed by atoms with E-state index in [0.717, 1.165) is 5.52 Å². The molecular formula is C15H16F2N2O2. The molecule has 4 nitrogen and oxygen atoms in total. The van der Waals surface area contributed by atoms with E-state index in [1.165, 1.54) is 7.11 Å². The van der Waals surface area contributed by atoms with Crippen LogP contribution in [0.1, 0.15) is 30.9 Å². The van der Waals surface area contributed by atoms with Gasteiger partial charge in [-0.25, -0.2) is 13.3 Å². The fraction of sp³-hybridized carbons (Fsp3) is 0.467. The third-order valence-electron chi connectivity index (χ3n) is 4.10. The largest absolute Gasteiger partial charge is 0.469 e. The molecule has 0 bridgehead atoms. The first-order valence-corrected chi connectivity index (χ1v) is 6.90. The SMILES string of the molecule is COC(=O)C1CC(F)(F)CCC1c1cc2ccccn2n1. The molecule has 0 aliphatic heterocycles. The van der Waals surface area contributed by atoms with Crippen molar-refractivity contribution < 1.29 is 18.3 Å². The zero-order valence-electron chi connectivity index (χ0n) is 11.6. The van der Waals surface area contributed by atoms with Crippen molar-refractivity contribution in [2.24, 2.45) is 5.92 Å². The average Bonchev–Trinajstić information content (AvgIpc) is 2.89. The molecule has 112 valence electrons. The number of rotatable bonds is 2. The predicted molar refractivity (Wildman–Crippen MR) is 72.2 cm³/mol. The van der Waals surface area contributed by atoms with Crippen molar-refractivity contribution in [3.8, 4) is 0 Å². The van der Waals surface area contributed by atoms with E-state index in [-0.39, 0.29) is 18.8 Å². The number of nitrogens with zero attached hydrogens (tertiary/aromatic N) is 2. The van der Waals surface area contributed by atoms with Gasteiger partial charge in [0.25, 0.3) is 0 Å². The number of fused-ring (bicyclic) bond motifs is 1. The first-order chi connectivity index (χ1) is 10.00. The number of pyridine rings is 1. The molecule has 0 radical (unpaired) electrons. The molecule has 0 N–H and O–H groups in total. The molecule has 1 aliphatic rings. The van der Waals surface area contributed by atoms with Crippen LogP contribution in [-0.2, 0) is 9.53 Å². The average molecular weight is 294 g/mol. The lowest BCUT2D eigenvalue weighted by molar-refractivity contribution is -0.154. The Morgan fingerprint density at radius 3 is 3.00 bits per heavy atom. The monoisotopic (exact) mass is 294 g/mol. The summed E-state index contributed by atoms with van der Waals surface area (Å²) < 4.78 is 33.6. The summed E-state index contributed by atoms with van der Waals surface area (Å²) in [5, 5.41) is 4.42. The van der Waals surface area contributed by atoms with Gasteiger partial charge in [-0.05, 0) is 24.6 Å². The van der Waals surface area contributed by atoms with Gasteiger partial charge in [0.15, 0.2) is 0 Å². The van der Waals surface area contributed by atoms with Crippen molar-refractivity contribution in [1.82, 2.24) is 9.61 Å². The summed E-state index contributed by atoms with van der Waals surface area (Å²) in [6, 6.07) is 7.47. The lowest BCUT2D eigenvalue weighted by atomic mass is 9.75. The summed E-state index contributed by atoms with van der Waals surface area (Å²) in [5.74, 6) is -4.56. The number of hydrogen-bond donors (Lipinski definition) is 0. The third-order valence-corrected chi connectivity index (χ3v) is 4.10. The minimum Gasteiger partial charge on any atom is -0.469 e. The number of carbonyl (C=O) groups is 1. The molecule has 0 amide bonds. The Bertz CT molecular complexity index is 635. The van der Waals surface area contributed by atoms with Crippen LogP contribution >= 0.6 is 0 Å². The quantitative estimate of drug-likeness (QED) is 0.800. The van der Waals surface area contributed by atoms with E-state index in [2.05, 4.69) is 5.10 Å².